The molecule has 0 bridgehead atoms. The zero-order valence-electron chi connectivity index (χ0n) is 13.2. The van der Waals surface area contributed by atoms with Gasteiger partial charge in [-0.3, -0.25) is 9.52 Å². The van der Waals surface area contributed by atoms with Gasteiger partial charge in [0.05, 0.1) is 10.5 Å². The van der Waals surface area contributed by atoms with Gasteiger partial charge >= 0.3 is 0 Å². The van der Waals surface area contributed by atoms with Crippen molar-refractivity contribution in [2.75, 3.05) is 23.7 Å². The molecule has 1 amide bonds. The number of carbonyl (C=O) groups is 1. The Morgan fingerprint density at radius 3 is 2.22 bits per heavy atom. The summed E-state index contributed by atoms with van der Waals surface area (Å²) in [6.07, 6.45) is 0. The van der Waals surface area contributed by atoms with Gasteiger partial charge in [0, 0.05) is 25.5 Å². The first-order valence-corrected chi connectivity index (χ1v) is 8.39. The van der Waals surface area contributed by atoms with Crippen molar-refractivity contribution in [2.45, 2.75) is 11.8 Å². The lowest BCUT2D eigenvalue weighted by Crippen LogP contribution is -2.19. The molecule has 0 saturated carbocycles. The summed E-state index contributed by atoms with van der Waals surface area (Å²) in [5, 5.41) is 0. The van der Waals surface area contributed by atoms with E-state index in [4.69, 9.17) is 5.73 Å². The molecule has 122 valence electrons. The number of hydrogen-bond acceptors (Lipinski definition) is 4. The number of primary amides is 1. The van der Waals surface area contributed by atoms with Crippen LogP contribution in [0.1, 0.15) is 15.9 Å². The average Bonchev–Trinajstić information content (AvgIpc) is 2.46. The summed E-state index contributed by atoms with van der Waals surface area (Å²) >= 11 is 0. The number of nitrogens with one attached hydrogen (secondary N) is 1. The molecule has 0 atom stereocenters. The highest BCUT2D eigenvalue weighted by Gasteiger charge is 2.16. The van der Waals surface area contributed by atoms with Crippen LogP contribution in [0.5, 0.6) is 0 Å². The van der Waals surface area contributed by atoms with Gasteiger partial charge in [-0.1, -0.05) is 17.7 Å². The van der Waals surface area contributed by atoms with Gasteiger partial charge in [0.15, 0.2) is 0 Å². The molecule has 0 heterocycles. The molecular formula is C16H19N3O3S. The summed E-state index contributed by atoms with van der Waals surface area (Å²) in [6.45, 7) is 1.88. The van der Waals surface area contributed by atoms with Gasteiger partial charge in [0.25, 0.3) is 15.9 Å². The first-order valence-electron chi connectivity index (χ1n) is 6.91. The maximum atomic E-state index is 12.4. The fourth-order valence-electron chi connectivity index (χ4n) is 2.12. The number of anilines is 2. The van der Waals surface area contributed by atoms with E-state index in [1.165, 1.54) is 18.2 Å². The largest absolute Gasteiger partial charge is 0.377 e. The molecule has 0 aromatic heterocycles. The molecule has 0 aliphatic heterocycles. The Hall–Kier alpha value is -2.54. The van der Waals surface area contributed by atoms with Gasteiger partial charge in [-0.2, -0.15) is 0 Å². The van der Waals surface area contributed by atoms with E-state index in [0.717, 1.165) is 5.56 Å². The lowest BCUT2D eigenvalue weighted by molar-refractivity contribution is 0.100. The van der Waals surface area contributed by atoms with Gasteiger partial charge < -0.3 is 10.6 Å². The van der Waals surface area contributed by atoms with Crippen molar-refractivity contribution in [1.29, 1.82) is 0 Å². The van der Waals surface area contributed by atoms with Crippen LogP contribution in [0, 0.1) is 6.92 Å². The minimum atomic E-state index is -3.72. The van der Waals surface area contributed by atoms with E-state index in [1.54, 1.807) is 43.3 Å². The van der Waals surface area contributed by atoms with Crippen LogP contribution in [0.3, 0.4) is 0 Å². The molecule has 2 aromatic rings. The lowest BCUT2D eigenvalue weighted by Gasteiger charge is -2.17. The number of nitrogens with zero attached hydrogens (tertiary/aromatic N) is 1. The van der Waals surface area contributed by atoms with Gasteiger partial charge in [-0.25, -0.2) is 8.42 Å². The Morgan fingerprint density at radius 1 is 1.09 bits per heavy atom. The van der Waals surface area contributed by atoms with Crippen LogP contribution in [0.25, 0.3) is 0 Å². The Kier molecular flexibility index (Phi) is 4.60. The molecule has 2 aromatic carbocycles. The molecule has 3 N–H and O–H groups in total. The molecule has 0 radical (unpaired) electrons. The summed E-state index contributed by atoms with van der Waals surface area (Å²) in [7, 11) is -0.170. The predicted molar refractivity (Wildman–Crippen MR) is 91.3 cm³/mol. The maximum absolute atomic E-state index is 12.4. The molecule has 0 aliphatic rings. The Morgan fingerprint density at radius 2 is 1.70 bits per heavy atom. The quantitative estimate of drug-likeness (QED) is 0.875. The number of amides is 1. The highest BCUT2D eigenvalue weighted by atomic mass is 32.2. The summed E-state index contributed by atoms with van der Waals surface area (Å²) in [5.74, 6) is -0.620. The minimum absolute atomic E-state index is 0.153. The topological polar surface area (TPSA) is 92.5 Å². The minimum Gasteiger partial charge on any atom is -0.377 e. The van der Waals surface area contributed by atoms with Crippen LogP contribution >= 0.6 is 0 Å². The van der Waals surface area contributed by atoms with Crippen LogP contribution in [0.2, 0.25) is 0 Å². The molecule has 7 heteroatoms. The molecule has 0 fully saturated rings. The molecule has 0 saturated heterocycles. The van der Waals surface area contributed by atoms with Gasteiger partial charge in [-0.05, 0) is 37.3 Å². The highest BCUT2D eigenvalue weighted by Crippen LogP contribution is 2.24. The number of carbonyl (C=O) groups excluding carboxylic acids is 1. The fraction of sp³-hybridized carbons (Fsp3) is 0.188. The SMILES string of the molecule is Cc1ccc(S(=O)(=O)Nc2ccc(N(C)C)c(C(N)=O)c2)cc1. The Labute approximate surface area is 136 Å². The lowest BCUT2D eigenvalue weighted by atomic mass is 10.1. The van der Waals surface area contributed by atoms with Crippen molar-refractivity contribution in [3.05, 3.63) is 53.6 Å². The fourth-order valence-corrected chi connectivity index (χ4v) is 3.17. The molecule has 0 unspecified atom stereocenters. The predicted octanol–water partition coefficient (Wildman–Crippen LogP) is 1.96. The van der Waals surface area contributed by atoms with Crippen LogP contribution < -0.4 is 15.4 Å². The number of benzene rings is 2. The van der Waals surface area contributed by atoms with Crippen molar-refractivity contribution >= 4 is 27.3 Å². The molecular weight excluding hydrogens is 314 g/mol. The van der Waals surface area contributed by atoms with E-state index in [0.29, 0.717) is 5.69 Å². The van der Waals surface area contributed by atoms with Crippen LogP contribution in [0.4, 0.5) is 11.4 Å². The van der Waals surface area contributed by atoms with E-state index < -0.39 is 15.9 Å². The monoisotopic (exact) mass is 333 g/mol. The summed E-state index contributed by atoms with van der Waals surface area (Å²) < 4.78 is 27.2. The summed E-state index contributed by atoms with van der Waals surface area (Å²) in [6, 6.07) is 11.2. The number of nitrogens with two attached hydrogens (primary N) is 1. The van der Waals surface area contributed by atoms with Crippen molar-refractivity contribution in [1.82, 2.24) is 0 Å². The van der Waals surface area contributed by atoms with Crippen LogP contribution in [0.15, 0.2) is 47.4 Å². The third-order valence-corrected chi connectivity index (χ3v) is 4.72. The van der Waals surface area contributed by atoms with Crippen LogP contribution in [-0.2, 0) is 10.0 Å². The first-order chi connectivity index (χ1) is 10.7. The van der Waals surface area contributed by atoms with Crippen LogP contribution in [-0.4, -0.2) is 28.4 Å². The molecule has 6 nitrogen and oxygen atoms in total. The standard InChI is InChI=1S/C16H19N3O3S/c1-11-4-7-13(8-5-11)23(21,22)18-12-6-9-15(19(2)3)14(10-12)16(17)20/h4-10,18H,1-3H3,(H2,17,20). The van der Waals surface area contributed by atoms with E-state index in [9.17, 15) is 13.2 Å². The summed E-state index contributed by atoms with van der Waals surface area (Å²) in [4.78, 5) is 13.5. The van der Waals surface area contributed by atoms with Crippen molar-refractivity contribution < 1.29 is 13.2 Å². The second-order valence-electron chi connectivity index (χ2n) is 5.41. The van der Waals surface area contributed by atoms with Gasteiger partial charge in [0.2, 0.25) is 0 Å². The zero-order chi connectivity index (χ0) is 17.2. The first kappa shape index (κ1) is 16.8. The third kappa shape index (κ3) is 3.81. The van der Waals surface area contributed by atoms with Gasteiger partial charge in [-0.15, -0.1) is 0 Å². The number of aryl methyl sites for hydroxylation is 1. The van der Waals surface area contributed by atoms with Crippen molar-refractivity contribution in [3.63, 3.8) is 0 Å². The normalized spacial score (nSPS) is 11.1. The number of hydrogen-bond donors (Lipinski definition) is 2. The van der Waals surface area contributed by atoms with Gasteiger partial charge in [0.1, 0.15) is 0 Å². The second-order valence-corrected chi connectivity index (χ2v) is 7.09. The zero-order valence-corrected chi connectivity index (χ0v) is 14.0. The average molecular weight is 333 g/mol. The Balaban J connectivity index is 2.38. The maximum Gasteiger partial charge on any atom is 0.261 e. The summed E-state index contributed by atoms with van der Waals surface area (Å²) in [5.41, 5.74) is 7.49. The number of rotatable bonds is 5. The van der Waals surface area contributed by atoms with E-state index in [1.807, 2.05) is 6.92 Å². The van der Waals surface area contributed by atoms with Crippen molar-refractivity contribution in [2.24, 2.45) is 5.73 Å². The number of sulfonamides is 1. The van der Waals surface area contributed by atoms with E-state index >= 15 is 0 Å². The molecule has 2 rings (SSSR count). The molecule has 0 aliphatic carbocycles. The van der Waals surface area contributed by atoms with E-state index in [2.05, 4.69) is 4.72 Å². The van der Waals surface area contributed by atoms with Crippen molar-refractivity contribution in [3.8, 4) is 0 Å². The molecule has 0 spiro atoms. The van der Waals surface area contributed by atoms with E-state index in [-0.39, 0.29) is 16.1 Å². The highest BCUT2D eigenvalue weighted by molar-refractivity contribution is 7.92. The second kappa shape index (κ2) is 6.29. The Bertz CT molecular complexity index is 828. The third-order valence-electron chi connectivity index (χ3n) is 3.33. The smallest absolute Gasteiger partial charge is 0.261 e. The molecule has 23 heavy (non-hydrogen) atoms.